The molecule has 0 fully saturated rings. The topological polar surface area (TPSA) is 57.0 Å². The molecule has 0 radical (unpaired) electrons. The molecule has 0 aliphatic rings. The molecule has 1 aromatic carbocycles. The van der Waals surface area contributed by atoms with E-state index in [1.54, 1.807) is 14.2 Å². The Morgan fingerprint density at radius 1 is 1.33 bits per heavy atom. The fourth-order valence-corrected chi connectivity index (χ4v) is 1.72. The van der Waals surface area contributed by atoms with Crippen molar-refractivity contribution in [2.45, 2.75) is 12.8 Å². The van der Waals surface area contributed by atoms with Gasteiger partial charge in [0.15, 0.2) is 5.78 Å². The lowest BCUT2D eigenvalue weighted by Crippen LogP contribution is -2.07. The lowest BCUT2D eigenvalue weighted by Gasteiger charge is -2.03. The van der Waals surface area contributed by atoms with E-state index in [1.165, 1.54) is 10.9 Å². The molecule has 0 bridgehead atoms. The second-order valence-electron chi connectivity index (χ2n) is 4.01. The Morgan fingerprint density at radius 2 is 2.06 bits per heavy atom. The largest absolute Gasteiger partial charge is 0.497 e. The van der Waals surface area contributed by atoms with Crippen LogP contribution in [0.2, 0.25) is 0 Å². The molecular formula is C13H15N3O2. The Labute approximate surface area is 105 Å². The average Bonchev–Trinajstić information content (AvgIpc) is 2.83. The highest BCUT2D eigenvalue weighted by Gasteiger charge is 2.10. The molecule has 0 spiro atoms. The third-order valence-electron chi connectivity index (χ3n) is 2.80. The SMILES string of the molecule is COc1ccc(CCC(=O)c2cnnn2C)cc1. The van der Waals surface area contributed by atoms with Gasteiger partial charge in [0.25, 0.3) is 0 Å². The number of carbonyl (C=O) groups excluding carboxylic acids is 1. The lowest BCUT2D eigenvalue weighted by molar-refractivity contribution is 0.0974. The van der Waals surface area contributed by atoms with Crippen LogP contribution in [0.25, 0.3) is 0 Å². The van der Waals surface area contributed by atoms with Crippen molar-refractivity contribution in [1.82, 2.24) is 15.0 Å². The van der Waals surface area contributed by atoms with Crippen LogP contribution in [0.1, 0.15) is 22.5 Å². The molecule has 2 aromatic rings. The van der Waals surface area contributed by atoms with E-state index in [9.17, 15) is 4.79 Å². The van der Waals surface area contributed by atoms with Gasteiger partial charge in [-0.2, -0.15) is 0 Å². The van der Waals surface area contributed by atoms with Gasteiger partial charge in [-0.3, -0.25) is 4.79 Å². The van der Waals surface area contributed by atoms with Gasteiger partial charge >= 0.3 is 0 Å². The quantitative estimate of drug-likeness (QED) is 0.751. The van der Waals surface area contributed by atoms with Crippen LogP contribution < -0.4 is 4.74 Å². The minimum absolute atomic E-state index is 0.0540. The number of ether oxygens (including phenoxy) is 1. The Morgan fingerprint density at radius 3 is 2.61 bits per heavy atom. The van der Waals surface area contributed by atoms with Crippen molar-refractivity contribution in [2.75, 3.05) is 7.11 Å². The summed E-state index contributed by atoms with van der Waals surface area (Å²) < 4.78 is 6.58. The Kier molecular flexibility index (Phi) is 3.72. The summed E-state index contributed by atoms with van der Waals surface area (Å²) >= 11 is 0. The average molecular weight is 245 g/mol. The standard InChI is InChI=1S/C13H15N3O2/c1-16-12(9-14-15-16)13(17)8-5-10-3-6-11(18-2)7-4-10/h3-4,6-7,9H,5,8H2,1-2H3. The van der Waals surface area contributed by atoms with E-state index >= 15 is 0 Å². The molecule has 18 heavy (non-hydrogen) atoms. The maximum absolute atomic E-state index is 11.9. The van der Waals surface area contributed by atoms with E-state index in [0.717, 1.165) is 11.3 Å². The number of carbonyl (C=O) groups is 1. The zero-order valence-corrected chi connectivity index (χ0v) is 10.5. The molecule has 5 nitrogen and oxygen atoms in total. The second-order valence-corrected chi connectivity index (χ2v) is 4.01. The normalized spacial score (nSPS) is 10.3. The molecule has 0 N–H and O–H groups in total. The van der Waals surface area contributed by atoms with Crippen molar-refractivity contribution >= 4 is 5.78 Å². The van der Waals surface area contributed by atoms with Crippen molar-refractivity contribution in [3.63, 3.8) is 0 Å². The fraction of sp³-hybridized carbons (Fsp3) is 0.308. The van der Waals surface area contributed by atoms with Crippen LogP contribution in [-0.4, -0.2) is 27.9 Å². The number of rotatable bonds is 5. The van der Waals surface area contributed by atoms with Crippen LogP contribution in [0.5, 0.6) is 5.75 Å². The van der Waals surface area contributed by atoms with Gasteiger partial charge in [-0.25, -0.2) is 4.68 Å². The first-order valence-electron chi connectivity index (χ1n) is 5.71. The summed E-state index contributed by atoms with van der Waals surface area (Å²) in [4.78, 5) is 11.9. The maximum Gasteiger partial charge on any atom is 0.182 e. The summed E-state index contributed by atoms with van der Waals surface area (Å²) in [5.74, 6) is 0.874. The number of benzene rings is 1. The third kappa shape index (κ3) is 2.74. The number of aromatic nitrogens is 3. The molecule has 2 rings (SSSR count). The highest BCUT2D eigenvalue weighted by Crippen LogP contribution is 2.13. The van der Waals surface area contributed by atoms with Gasteiger partial charge in [0.2, 0.25) is 0 Å². The number of Topliss-reactive ketones (excluding diaryl/α,β-unsaturated/α-hetero) is 1. The predicted molar refractivity (Wildman–Crippen MR) is 66.6 cm³/mol. The van der Waals surface area contributed by atoms with Crippen LogP contribution in [0.4, 0.5) is 0 Å². The monoisotopic (exact) mass is 245 g/mol. The smallest absolute Gasteiger partial charge is 0.182 e. The molecule has 0 saturated carbocycles. The van der Waals surface area contributed by atoms with E-state index in [0.29, 0.717) is 18.5 Å². The van der Waals surface area contributed by atoms with Gasteiger partial charge in [-0.1, -0.05) is 17.3 Å². The van der Waals surface area contributed by atoms with Crippen molar-refractivity contribution in [3.05, 3.63) is 41.7 Å². The van der Waals surface area contributed by atoms with Crippen LogP contribution >= 0.6 is 0 Å². The first kappa shape index (κ1) is 12.3. The van der Waals surface area contributed by atoms with E-state index < -0.39 is 0 Å². The minimum atomic E-state index is 0.0540. The number of nitrogens with zero attached hydrogens (tertiary/aromatic N) is 3. The summed E-state index contributed by atoms with van der Waals surface area (Å²) in [5.41, 5.74) is 1.66. The van der Waals surface area contributed by atoms with Crippen molar-refractivity contribution in [2.24, 2.45) is 7.05 Å². The summed E-state index contributed by atoms with van der Waals surface area (Å²) in [7, 11) is 3.35. The first-order valence-corrected chi connectivity index (χ1v) is 5.71. The van der Waals surface area contributed by atoms with E-state index in [1.807, 2.05) is 24.3 Å². The summed E-state index contributed by atoms with van der Waals surface area (Å²) in [5, 5.41) is 7.44. The Balaban J connectivity index is 1.95. The third-order valence-corrected chi connectivity index (χ3v) is 2.80. The highest BCUT2D eigenvalue weighted by molar-refractivity contribution is 5.94. The van der Waals surface area contributed by atoms with Gasteiger partial charge < -0.3 is 4.74 Å². The van der Waals surface area contributed by atoms with Crippen molar-refractivity contribution < 1.29 is 9.53 Å². The molecule has 5 heteroatoms. The summed E-state index contributed by atoms with van der Waals surface area (Å²) in [6.07, 6.45) is 2.65. The predicted octanol–water partition coefficient (Wildman–Crippen LogP) is 1.64. The number of ketones is 1. The number of hydrogen-bond donors (Lipinski definition) is 0. The molecule has 1 aromatic heterocycles. The Bertz CT molecular complexity index is 531. The molecule has 0 saturated heterocycles. The number of hydrogen-bond acceptors (Lipinski definition) is 4. The molecule has 0 unspecified atom stereocenters. The van der Waals surface area contributed by atoms with Gasteiger partial charge in [0.05, 0.1) is 13.3 Å². The molecular weight excluding hydrogens is 230 g/mol. The molecule has 94 valence electrons. The van der Waals surface area contributed by atoms with E-state index in [2.05, 4.69) is 10.3 Å². The zero-order chi connectivity index (χ0) is 13.0. The highest BCUT2D eigenvalue weighted by atomic mass is 16.5. The second kappa shape index (κ2) is 5.44. The molecule has 0 amide bonds. The van der Waals surface area contributed by atoms with Gasteiger partial charge in [-0.15, -0.1) is 5.10 Å². The first-order chi connectivity index (χ1) is 8.70. The van der Waals surface area contributed by atoms with Gasteiger partial charge in [0, 0.05) is 13.5 Å². The fourth-order valence-electron chi connectivity index (χ4n) is 1.72. The summed E-state index contributed by atoms with van der Waals surface area (Å²) in [6.45, 7) is 0. The van der Waals surface area contributed by atoms with E-state index in [4.69, 9.17) is 4.74 Å². The molecule has 0 aliphatic heterocycles. The minimum Gasteiger partial charge on any atom is -0.497 e. The summed E-state index contributed by atoms with van der Waals surface area (Å²) in [6, 6.07) is 7.72. The van der Waals surface area contributed by atoms with Gasteiger partial charge in [0.1, 0.15) is 11.4 Å². The van der Waals surface area contributed by atoms with Crippen LogP contribution in [0.3, 0.4) is 0 Å². The molecule has 0 atom stereocenters. The number of methoxy groups -OCH3 is 1. The maximum atomic E-state index is 11.9. The molecule has 0 aliphatic carbocycles. The van der Waals surface area contributed by atoms with E-state index in [-0.39, 0.29) is 5.78 Å². The lowest BCUT2D eigenvalue weighted by atomic mass is 10.1. The van der Waals surface area contributed by atoms with Crippen LogP contribution in [0.15, 0.2) is 30.5 Å². The van der Waals surface area contributed by atoms with Crippen molar-refractivity contribution in [3.8, 4) is 5.75 Å². The Hall–Kier alpha value is -2.17. The number of aryl methyl sites for hydroxylation is 2. The van der Waals surface area contributed by atoms with Crippen molar-refractivity contribution in [1.29, 1.82) is 0 Å². The zero-order valence-electron chi connectivity index (χ0n) is 10.5. The van der Waals surface area contributed by atoms with Gasteiger partial charge in [-0.05, 0) is 24.1 Å². The molecule has 1 heterocycles. The van der Waals surface area contributed by atoms with Crippen LogP contribution in [0, 0.1) is 0 Å². The van der Waals surface area contributed by atoms with Crippen LogP contribution in [-0.2, 0) is 13.5 Å².